The molecule has 5 aromatic carbocycles. The van der Waals surface area contributed by atoms with E-state index in [0.29, 0.717) is 0 Å². The zero-order valence-electron chi connectivity index (χ0n) is 17.0. The second kappa shape index (κ2) is 7.06. The average Bonchev–Trinajstić information content (AvgIpc) is 2.82. The van der Waals surface area contributed by atoms with E-state index in [9.17, 15) is 10.2 Å². The highest BCUT2D eigenvalue weighted by Gasteiger charge is 2.14. The summed E-state index contributed by atoms with van der Waals surface area (Å²) in [5.41, 5.74) is 4.78. The van der Waals surface area contributed by atoms with Crippen molar-refractivity contribution in [1.82, 2.24) is 9.97 Å². The van der Waals surface area contributed by atoms with Crippen molar-refractivity contribution in [2.24, 2.45) is 0 Å². The molecular formula is C28H18N2O2. The molecule has 6 rings (SSSR count). The Labute approximate surface area is 184 Å². The van der Waals surface area contributed by atoms with Crippen molar-refractivity contribution in [1.29, 1.82) is 0 Å². The van der Waals surface area contributed by atoms with Crippen LogP contribution in [0.4, 0.5) is 0 Å². The van der Waals surface area contributed by atoms with Gasteiger partial charge in [0, 0.05) is 11.1 Å². The lowest BCUT2D eigenvalue weighted by molar-refractivity contribution is 0.475. The van der Waals surface area contributed by atoms with Crippen molar-refractivity contribution < 1.29 is 10.2 Å². The van der Waals surface area contributed by atoms with E-state index >= 15 is 0 Å². The highest BCUT2D eigenvalue weighted by molar-refractivity contribution is 6.03. The lowest BCUT2D eigenvalue weighted by Crippen LogP contribution is -1.95. The van der Waals surface area contributed by atoms with Crippen LogP contribution in [0.15, 0.2) is 97.1 Å². The van der Waals surface area contributed by atoms with Crippen LogP contribution in [0, 0.1) is 0 Å². The molecule has 0 aliphatic carbocycles. The van der Waals surface area contributed by atoms with E-state index < -0.39 is 0 Å². The van der Waals surface area contributed by atoms with Gasteiger partial charge < -0.3 is 10.2 Å². The lowest BCUT2D eigenvalue weighted by atomic mass is 10.0. The highest BCUT2D eigenvalue weighted by Crippen LogP contribution is 2.34. The predicted molar refractivity (Wildman–Crippen MR) is 129 cm³/mol. The van der Waals surface area contributed by atoms with E-state index in [1.807, 2.05) is 36.4 Å². The van der Waals surface area contributed by atoms with Crippen LogP contribution in [-0.4, -0.2) is 20.2 Å². The number of aromatic nitrogens is 2. The second-order valence-electron chi connectivity index (χ2n) is 7.90. The maximum absolute atomic E-state index is 9.73. The van der Waals surface area contributed by atoms with Gasteiger partial charge in [0.1, 0.15) is 11.5 Å². The Bertz CT molecular complexity index is 1500. The van der Waals surface area contributed by atoms with Crippen molar-refractivity contribution in [3.05, 3.63) is 97.1 Å². The topological polar surface area (TPSA) is 66.2 Å². The molecule has 0 amide bonds. The lowest BCUT2D eigenvalue weighted by Gasteiger charge is -2.12. The summed E-state index contributed by atoms with van der Waals surface area (Å²) in [6.45, 7) is 0. The van der Waals surface area contributed by atoms with Gasteiger partial charge in [0.05, 0.1) is 22.4 Å². The number of fused-ring (bicyclic) bond motifs is 3. The van der Waals surface area contributed by atoms with Gasteiger partial charge in [-0.25, -0.2) is 9.97 Å². The molecule has 4 nitrogen and oxygen atoms in total. The summed E-state index contributed by atoms with van der Waals surface area (Å²) in [7, 11) is 0. The Morgan fingerprint density at radius 3 is 1.25 bits per heavy atom. The smallest absolute Gasteiger partial charge is 0.115 e. The average molecular weight is 414 g/mol. The Morgan fingerprint density at radius 1 is 0.438 bits per heavy atom. The Balaban J connectivity index is 1.65. The van der Waals surface area contributed by atoms with Gasteiger partial charge in [-0.1, -0.05) is 24.3 Å². The molecule has 0 aliphatic rings. The first-order valence-corrected chi connectivity index (χ1v) is 10.4. The normalized spacial score (nSPS) is 11.4. The zero-order valence-corrected chi connectivity index (χ0v) is 17.0. The van der Waals surface area contributed by atoms with Gasteiger partial charge in [-0.15, -0.1) is 0 Å². The molecule has 0 unspecified atom stereocenters. The van der Waals surface area contributed by atoms with Gasteiger partial charge in [-0.3, -0.25) is 0 Å². The molecule has 2 N–H and O–H groups in total. The summed E-state index contributed by atoms with van der Waals surface area (Å²) in [4.78, 5) is 9.99. The van der Waals surface area contributed by atoms with Crippen molar-refractivity contribution in [3.8, 4) is 34.0 Å². The summed E-state index contributed by atoms with van der Waals surface area (Å²) in [6.07, 6.45) is 0. The fraction of sp³-hybridized carbons (Fsp3) is 0. The molecule has 1 heterocycles. The first kappa shape index (κ1) is 18.3. The quantitative estimate of drug-likeness (QED) is 0.310. The van der Waals surface area contributed by atoms with Crippen LogP contribution in [0.1, 0.15) is 0 Å². The van der Waals surface area contributed by atoms with Gasteiger partial charge in [0.15, 0.2) is 0 Å². The van der Waals surface area contributed by atoms with Crippen LogP contribution in [0.5, 0.6) is 11.5 Å². The summed E-state index contributed by atoms with van der Waals surface area (Å²) in [6, 6.07) is 30.8. The molecule has 0 spiro atoms. The van der Waals surface area contributed by atoms with E-state index in [4.69, 9.17) is 9.97 Å². The van der Waals surface area contributed by atoms with Crippen LogP contribution in [0.3, 0.4) is 0 Å². The molecular weight excluding hydrogens is 396 g/mol. The van der Waals surface area contributed by atoms with Gasteiger partial charge in [-0.2, -0.15) is 0 Å². The minimum Gasteiger partial charge on any atom is -0.508 e. The summed E-state index contributed by atoms with van der Waals surface area (Å²) < 4.78 is 0. The molecule has 6 aromatic rings. The Morgan fingerprint density at radius 2 is 0.844 bits per heavy atom. The van der Waals surface area contributed by atoms with Crippen molar-refractivity contribution >= 4 is 32.6 Å². The predicted octanol–water partition coefficient (Wildman–Crippen LogP) is 6.68. The van der Waals surface area contributed by atoms with E-state index in [-0.39, 0.29) is 11.5 Å². The minimum atomic E-state index is 0.201. The molecule has 0 radical (unpaired) electrons. The summed E-state index contributed by atoms with van der Waals surface area (Å²) in [5, 5.41) is 24.1. The number of phenols is 2. The number of phenolic OH excluding ortho intramolecular Hbond substituents is 2. The van der Waals surface area contributed by atoms with E-state index in [0.717, 1.165) is 44.3 Å². The number of benzene rings is 5. The molecule has 0 bridgehead atoms. The SMILES string of the molecule is Oc1ccc(-c2nc3cc4cc5ccccc5cc4cc3nc2-c2ccc(O)cc2)cc1. The molecule has 0 aliphatic heterocycles. The van der Waals surface area contributed by atoms with E-state index in [2.05, 4.69) is 36.4 Å². The van der Waals surface area contributed by atoms with Gasteiger partial charge in [0.25, 0.3) is 0 Å². The highest BCUT2D eigenvalue weighted by atomic mass is 16.3. The summed E-state index contributed by atoms with van der Waals surface area (Å²) >= 11 is 0. The third-order valence-corrected chi connectivity index (χ3v) is 5.77. The first-order valence-electron chi connectivity index (χ1n) is 10.4. The third-order valence-electron chi connectivity index (χ3n) is 5.77. The van der Waals surface area contributed by atoms with Crippen molar-refractivity contribution in [2.45, 2.75) is 0 Å². The molecule has 1 aromatic heterocycles. The molecule has 152 valence electrons. The van der Waals surface area contributed by atoms with Crippen molar-refractivity contribution in [3.63, 3.8) is 0 Å². The molecule has 0 saturated heterocycles. The number of rotatable bonds is 2. The zero-order chi connectivity index (χ0) is 21.7. The molecule has 4 heteroatoms. The van der Waals surface area contributed by atoms with Crippen molar-refractivity contribution in [2.75, 3.05) is 0 Å². The standard InChI is InChI=1S/C28H18N2O2/c31-23-9-5-17(6-10-23)27-28(18-7-11-24(32)12-8-18)30-26-16-22-14-20-4-2-1-3-19(20)13-21(22)15-25(26)29-27/h1-16,31-32H. The molecule has 0 fully saturated rings. The first-order chi connectivity index (χ1) is 15.6. The Hall–Kier alpha value is -4.44. The fourth-order valence-corrected chi connectivity index (χ4v) is 4.14. The second-order valence-corrected chi connectivity index (χ2v) is 7.90. The molecule has 0 saturated carbocycles. The van der Waals surface area contributed by atoms with E-state index in [1.165, 1.54) is 10.8 Å². The number of hydrogen-bond acceptors (Lipinski definition) is 4. The van der Waals surface area contributed by atoms with Gasteiger partial charge in [-0.05, 0) is 94.3 Å². The maximum Gasteiger partial charge on any atom is 0.115 e. The van der Waals surface area contributed by atoms with Crippen LogP contribution in [-0.2, 0) is 0 Å². The minimum absolute atomic E-state index is 0.201. The van der Waals surface area contributed by atoms with E-state index in [1.54, 1.807) is 24.3 Å². The van der Waals surface area contributed by atoms with Gasteiger partial charge in [0.2, 0.25) is 0 Å². The largest absolute Gasteiger partial charge is 0.508 e. The number of nitrogens with zero attached hydrogens (tertiary/aromatic N) is 2. The Kier molecular flexibility index (Phi) is 4.05. The van der Waals surface area contributed by atoms with Gasteiger partial charge >= 0.3 is 0 Å². The summed E-state index contributed by atoms with van der Waals surface area (Å²) in [5.74, 6) is 0.401. The molecule has 32 heavy (non-hydrogen) atoms. The monoisotopic (exact) mass is 414 g/mol. The van der Waals surface area contributed by atoms with Crippen LogP contribution < -0.4 is 0 Å². The van der Waals surface area contributed by atoms with Crippen LogP contribution >= 0.6 is 0 Å². The maximum atomic E-state index is 9.73. The third kappa shape index (κ3) is 3.10. The fourth-order valence-electron chi connectivity index (χ4n) is 4.14. The van der Waals surface area contributed by atoms with Crippen LogP contribution in [0.2, 0.25) is 0 Å². The number of aromatic hydroxyl groups is 2. The van der Waals surface area contributed by atoms with Crippen LogP contribution in [0.25, 0.3) is 55.1 Å². The molecule has 0 atom stereocenters. The number of hydrogen-bond donors (Lipinski definition) is 2.